The second-order valence-electron chi connectivity index (χ2n) is 22.3. The number of alkyl halides is 2. The van der Waals surface area contributed by atoms with Crippen molar-refractivity contribution < 1.29 is 81.1 Å². The van der Waals surface area contributed by atoms with Crippen LogP contribution >= 0.6 is 31.9 Å². The van der Waals surface area contributed by atoms with Gasteiger partial charge in [0, 0.05) is 64.2 Å². The molecule has 0 unspecified atom stereocenters. The van der Waals surface area contributed by atoms with Crippen LogP contribution in [0.1, 0.15) is 87.2 Å². The third kappa shape index (κ3) is 16.5. The molecular formula is C61H71Br2FN12O17. The second-order valence-corrected chi connectivity index (χ2v) is 23.4. The number of amides is 8. The van der Waals surface area contributed by atoms with Crippen LogP contribution in [0.5, 0.6) is 0 Å². The van der Waals surface area contributed by atoms with E-state index in [4.69, 9.17) is 33.4 Å². The molecule has 3 aliphatic heterocycles. The number of ether oxygens (including phenoxy) is 6. The first-order valence-corrected chi connectivity index (χ1v) is 32.3. The SMILES string of the molecule is CC[C@]1(O)C(=O)OCc2c1cc1n(c2=O)Cc2c-1nc1cc(F)c(C)c3c1c2[C@H](CNC(=O)C1(NC(=O)CNC(=O)CNC(=O)CNC(=O)CNC(=O)CNC(=O)CCOCCOCCOCCOCCNC(=O)c2ccc4nc(CBr)c(CBr)nc4c2)COC1)CC3. The molecule has 2 aromatic carbocycles. The van der Waals surface area contributed by atoms with Crippen LogP contribution in [-0.2, 0) is 103 Å². The van der Waals surface area contributed by atoms with E-state index >= 15 is 4.39 Å². The number of carbonyl (C=O) groups is 9. The summed E-state index contributed by atoms with van der Waals surface area (Å²) in [7, 11) is 0. The molecular weight excluding hydrogens is 1350 g/mol. The van der Waals surface area contributed by atoms with Gasteiger partial charge in [-0.1, -0.05) is 38.8 Å². The van der Waals surface area contributed by atoms with Gasteiger partial charge in [0.1, 0.15) is 12.4 Å². The summed E-state index contributed by atoms with van der Waals surface area (Å²) < 4.78 is 49.4. The van der Waals surface area contributed by atoms with Gasteiger partial charge in [0.25, 0.3) is 17.4 Å². The number of aromatic nitrogens is 4. The summed E-state index contributed by atoms with van der Waals surface area (Å²) in [5.41, 5.74) is 3.44. The highest BCUT2D eigenvalue weighted by atomic mass is 79.9. The van der Waals surface area contributed by atoms with Gasteiger partial charge in [-0.05, 0) is 67.1 Å². The molecule has 6 heterocycles. The molecule has 32 heteroatoms. The van der Waals surface area contributed by atoms with Crippen molar-refractivity contribution in [1.82, 2.24) is 62.1 Å². The van der Waals surface area contributed by atoms with Gasteiger partial charge in [-0.15, -0.1) is 0 Å². The van der Waals surface area contributed by atoms with E-state index in [1.807, 2.05) is 0 Å². The number of esters is 1. The number of fused-ring (bicyclic) bond motifs is 6. The molecule has 9 rings (SSSR count). The van der Waals surface area contributed by atoms with Gasteiger partial charge in [-0.3, -0.25) is 43.2 Å². The van der Waals surface area contributed by atoms with Gasteiger partial charge in [0.2, 0.25) is 35.4 Å². The molecule has 0 spiro atoms. The number of nitrogens with one attached hydrogen (secondary N) is 8. The molecule has 1 saturated heterocycles. The number of rotatable bonds is 33. The Kier molecular flexibility index (Phi) is 23.7. The van der Waals surface area contributed by atoms with Gasteiger partial charge in [0.15, 0.2) is 11.1 Å². The Balaban J connectivity index is 0.591. The van der Waals surface area contributed by atoms with Crippen molar-refractivity contribution in [3.8, 4) is 11.4 Å². The molecule has 2 atom stereocenters. The summed E-state index contributed by atoms with van der Waals surface area (Å²) in [5, 5.41) is 33.3. The summed E-state index contributed by atoms with van der Waals surface area (Å²) in [4.78, 5) is 142. The average molecular weight is 1420 g/mol. The van der Waals surface area contributed by atoms with Crippen molar-refractivity contribution in [3.63, 3.8) is 0 Å². The fourth-order valence-corrected chi connectivity index (χ4v) is 12.0. The molecule has 8 amide bonds. The molecule has 3 aromatic heterocycles. The van der Waals surface area contributed by atoms with E-state index in [1.54, 1.807) is 38.1 Å². The van der Waals surface area contributed by atoms with Gasteiger partial charge >= 0.3 is 5.97 Å². The molecule has 9 N–H and O–H groups in total. The number of halogens is 3. The molecule has 0 saturated carbocycles. The van der Waals surface area contributed by atoms with Crippen LogP contribution in [0.3, 0.4) is 0 Å². The van der Waals surface area contributed by atoms with Gasteiger partial charge < -0.3 is 80.6 Å². The Labute approximate surface area is 548 Å². The highest BCUT2D eigenvalue weighted by Crippen LogP contribution is 2.46. The predicted molar refractivity (Wildman–Crippen MR) is 335 cm³/mol. The van der Waals surface area contributed by atoms with Gasteiger partial charge in [-0.25, -0.2) is 24.1 Å². The van der Waals surface area contributed by atoms with Crippen LogP contribution in [0.2, 0.25) is 0 Å². The number of hydrogen-bond donors (Lipinski definition) is 9. The maximum absolute atomic E-state index is 15.5. The number of aliphatic hydroxyl groups is 1. The summed E-state index contributed by atoms with van der Waals surface area (Å²) >= 11 is 6.85. The highest BCUT2D eigenvalue weighted by Gasteiger charge is 2.48. The fourth-order valence-electron chi connectivity index (χ4n) is 11.1. The Hall–Kier alpha value is -7.98. The Morgan fingerprint density at radius 1 is 0.688 bits per heavy atom. The zero-order chi connectivity index (χ0) is 66.4. The van der Waals surface area contributed by atoms with Crippen molar-refractivity contribution in [2.75, 3.05) is 112 Å². The Bertz CT molecular complexity index is 3800. The van der Waals surface area contributed by atoms with Crippen molar-refractivity contribution in [1.29, 1.82) is 0 Å². The molecule has 1 fully saturated rings. The number of nitrogens with zero attached hydrogens (tertiary/aromatic N) is 4. The average Bonchev–Trinajstić information content (AvgIpc) is 1.62. The lowest BCUT2D eigenvalue weighted by Gasteiger charge is -2.40. The van der Waals surface area contributed by atoms with Crippen LogP contribution in [0.15, 0.2) is 35.1 Å². The number of aryl methyl sites for hydroxylation is 1. The quantitative estimate of drug-likeness (QED) is 0.0146. The predicted octanol–water partition coefficient (Wildman–Crippen LogP) is -0.241. The topological polar surface area (TPSA) is 386 Å². The van der Waals surface area contributed by atoms with Crippen LogP contribution in [0, 0.1) is 12.7 Å². The number of hydrogen-bond acceptors (Lipinski definition) is 20. The minimum atomic E-state index is -2.05. The molecule has 0 bridgehead atoms. The largest absolute Gasteiger partial charge is 0.458 e. The number of benzene rings is 2. The van der Waals surface area contributed by atoms with E-state index < -0.39 is 103 Å². The van der Waals surface area contributed by atoms with Crippen molar-refractivity contribution in [2.24, 2.45) is 0 Å². The molecule has 0 radical (unpaired) electrons. The maximum Gasteiger partial charge on any atom is 0.343 e. The Morgan fingerprint density at radius 2 is 1.27 bits per heavy atom. The van der Waals surface area contributed by atoms with E-state index in [0.717, 1.165) is 22.5 Å². The Morgan fingerprint density at radius 3 is 1.86 bits per heavy atom. The normalized spacial score (nSPS) is 16.4. The molecule has 4 aliphatic rings. The van der Waals surface area contributed by atoms with E-state index in [1.165, 1.54) is 10.6 Å². The summed E-state index contributed by atoms with van der Waals surface area (Å²) in [6.07, 6.45) is 0.840. The first-order valence-electron chi connectivity index (χ1n) is 30.1. The third-order valence-electron chi connectivity index (χ3n) is 16.2. The van der Waals surface area contributed by atoms with E-state index in [2.05, 4.69) is 84.4 Å². The number of pyridine rings is 2. The smallest absolute Gasteiger partial charge is 0.343 e. The fraction of sp³-hybridized carbons (Fsp3) is 0.492. The lowest BCUT2D eigenvalue weighted by Crippen LogP contribution is -2.70. The lowest BCUT2D eigenvalue weighted by molar-refractivity contribution is -0.172. The van der Waals surface area contributed by atoms with Crippen molar-refractivity contribution in [3.05, 3.63) is 96.8 Å². The van der Waals surface area contributed by atoms with E-state index in [-0.39, 0.29) is 88.5 Å². The maximum atomic E-state index is 15.5. The minimum Gasteiger partial charge on any atom is -0.458 e. The second kappa shape index (κ2) is 31.8. The van der Waals surface area contributed by atoms with Crippen LogP contribution < -0.4 is 48.1 Å². The van der Waals surface area contributed by atoms with Crippen LogP contribution in [0.4, 0.5) is 4.39 Å². The zero-order valence-corrected chi connectivity index (χ0v) is 54.2. The monoisotopic (exact) mass is 1420 g/mol. The third-order valence-corrected chi connectivity index (χ3v) is 17.3. The van der Waals surface area contributed by atoms with Gasteiger partial charge in [0.05, 0.1) is 150 Å². The van der Waals surface area contributed by atoms with Gasteiger partial charge in [-0.2, -0.15) is 0 Å². The highest BCUT2D eigenvalue weighted by molar-refractivity contribution is 9.09. The molecule has 1 aliphatic carbocycles. The minimum absolute atomic E-state index is 0.0427. The number of carbonyl (C=O) groups excluding carboxylic acids is 9. The first kappa shape index (κ1) is 69.4. The van der Waals surface area contributed by atoms with Crippen molar-refractivity contribution in [2.45, 2.75) is 80.4 Å². The van der Waals surface area contributed by atoms with E-state index in [0.29, 0.717) is 113 Å². The molecule has 29 nitrogen and oxygen atoms in total. The van der Waals surface area contributed by atoms with Crippen LogP contribution in [-0.4, -0.2) is 195 Å². The molecule has 5 aromatic rings. The summed E-state index contributed by atoms with van der Waals surface area (Å²) in [5.74, 6) is -6.65. The standard InChI is InChI=1S/C61H71Br2FN12O17/c1-3-61(87)39-19-46-55-37(29-76(46)57(84)38(39)30-93-59(61)86)53-35(4-6-36-33(2)40(64)20-43(74-55)54(36)53)23-71-58(85)60(31-92-32-60)75-52(82)28-70-51(81)27-69-50(80)26-68-49(79)25-67-48(78)24-66-47(77)8-10-88-12-14-90-16-17-91-15-13-89-11-9-65-56(83)34-5-7-41-42(18-34)73-45(22-63)44(21-62)72-41/h5,7,18-20,35,87H,3-4,6,8-17,21-32H2,1-2H3,(H,65,83)(H,66,77)(H,67,78)(H,68,79)(H,69,80)(H,70,81)(H,71,85)(H,75,82)/t35-,61+/m0/s1. The number of cyclic esters (lactones) is 1. The first-order chi connectivity index (χ1) is 44.8. The van der Waals surface area contributed by atoms with E-state index in [9.17, 15) is 53.1 Å². The lowest BCUT2D eigenvalue weighted by atomic mass is 9.78. The summed E-state index contributed by atoms with van der Waals surface area (Å²) in [6, 6.07) is 8.10. The molecule has 93 heavy (non-hydrogen) atoms. The zero-order valence-electron chi connectivity index (χ0n) is 51.0. The molecule has 498 valence electrons. The van der Waals surface area contributed by atoms with Crippen molar-refractivity contribution >= 4 is 107 Å². The summed E-state index contributed by atoms with van der Waals surface area (Å²) in [6.45, 7) is 2.53. The van der Waals surface area contributed by atoms with Crippen LogP contribution in [0.25, 0.3) is 33.3 Å².